The number of oxazole rings is 1. The summed E-state index contributed by atoms with van der Waals surface area (Å²) in [6.07, 6.45) is 8.41. The average molecular weight is 395 g/mol. The molecule has 0 aromatic carbocycles. The SMILES string of the molecule is O=C(NC1CCN(C(=O)c2ncn3ccccc23)CC12CCC2)c1c[nH]c(=O)o1. The van der Waals surface area contributed by atoms with Crippen molar-refractivity contribution in [3.63, 3.8) is 0 Å². The summed E-state index contributed by atoms with van der Waals surface area (Å²) in [5, 5.41) is 3.02. The number of H-pyrrole nitrogens is 1. The molecule has 1 saturated carbocycles. The molecule has 1 aliphatic carbocycles. The van der Waals surface area contributed by atoms with E-state index in [-0.39, 0.29) is 23.1 Å². The van der Waals surface area contributed by atoms with Gasteiger partial charge in [-0.2, -0.15) is 0 Å². The van der Waals surface area contributed by atoms with Crippen molar-refractivity contribution in [2.75, 3.05) is 13.1 Å². The highest BCUT2D eigenvalue weighted by Gasteiger charge is 2.49. The van der Waals surface area contributed by atoms with Crippen LogP contribution in [0.5, 0.6) is 0 Å². The number of fused-ring (bicyclic) bond motifs is 1. The molecule has 2 fully saturated rings. The fourth-order valence-corrected chi connectivity index (χ4v) is 4.58. The minimum Gasteiger partial charge on any atom is -0.403 e. The van der Waals surface area contributed by atoms with Crippen molar-refractivity contribution in [2.45, 2.75) is 31.7 Å². The third kappa shape index (κ3) is 2.93. The lowest BCUT2D eigenvalue weighted by atomic mass is 9.61. The molecule has 2 amide bonds. The summed E-state index contributed by atoms with van der Waals surface area (Å²) >= 11 is 0. The lowest BCUT2D eigenvalue weighted by molar-refractivity contribution is -0.00699. The van der Waals surface area contributed by atoms with E-state index in [1.54, 1.807) is 6.33 Å². The monoisotopic (exact) mass is 395 g/mol. The number of nitrogens with zero attached hydrogens (tertiary/aromatic N) is 3. The highest BCUT2D eigenvalue weighted by molar-refractivity contribution is 5.99. The number of hydrogen-bond acceptors (Lipinski definition) is 5. The molecule has 9 nitrogen and oxygen atoms in total. The Hall–Kier alpha value is -3.36. The lowest BCUT2D eigenvalue weighted by Gasteiger charge is -2.53. The van der Waals surface area contributed by atoms with Crippen LogP contribution in [-0.2, 0) is 0 Å². The molecule has 1 aliphatic heterocycles. The van der Waals surface area contributed by atoms with Gasteiger partial charge in [0.1, 0.15) is 6.33 Å². The fraction of sp³-hybridized carbons (Fsp3) is 0.400. The number of hydrogen-bond donors (Lipinski definition) is 2. The van der Waals surface area contributed by atoms with Gasteiger partial charge in [0.2, 0.25) is 5.76 Å². The maximum atomic E-state index is 13.2. The minimum absolute atomic E-state index is 0.0209. The summed E-state index contributed by atoms with van der Waals surface area (Å²) in [5.41, 5.74) is 1.10. The number of piperidine rings is 1. The summed E-state index contributed by atoms with van der Waals surface area (Å²) in [5.74, 6) is -1.15. The van der Waals surface area contributed by atoms with E-state index in [0.717, 1.165) is 24.8 Å². The largest absolute Gasteiger partial charge is 0.416 e. The number of likely N-dealkylation sites (tertiary alicyclic amines) is 1. The Kier molecular flexibility index (Phi) is 4.04. The first-order valence-corrected chi connectivity index (χ1v) is 9.76. The van der Waals surface area contributed by atoms with Crippen LogP contribution in [0, 0.1) is 5.41 Å². The van der Waals surface area contributed by atoms with Crippen molar-refractivity contribution in [1.82, 2.24) is 24.6 Å². The van der Waals surface area contributed by atoms with Crippen molar-refractivity contribution in [2.24, 2.45) is 5.41 Å². The van der Waals surface area contributed by atoms with Gasteiger partial charge in [-0.05, 0) is 31.4 Å². The van der Waals surface area contributed by atoms with Crippen LogP contribution in [-0.4, -0.2) is 50.2 Å². The molecular formula is C20H21N5O4. The van der Waals surface area contributed by atoms with Crippen molar-refractivity contribution in [1.29, 1.82) is 0 Å². The molecule has 0 radical (unpaired) electrons. The predicted molar refractivity (Wildman–Crippen MR) is 103 cm³/mol. The second-order valence-electron chi connectivity index (χ2n) is 7.89. The number of amides is 2. The van der Waals surface area contributed by atoms with E-state index in [4.69, 9.17) is 4.42 Å². The first-order valence-electron chi connectivity index (χ1n) is 9.76. The van der Waals surface area contributed by atoms with Crippen LogP contribution in [0.25, 0.3) is 5.52 Å². The molecule has 2 aliphatic rings. The molecule has 150 valence electrons. The summed E-state index contributed by atoms with van der Waals surface area (Å²) in [6, 6.07) is 5.61. The summed E-state index contributed by atoms with van der Waals surface area (Å²) < 4.78 is 6.69. The molecule has 2 N–H and O–H groups in total. The number of carbonyl (C=O) groups is 2. The van der Waals surface area contributed by atoms with Crippen LogP contribution >= 0.6 is 0 Å². The second kappa shape index (κ2) is 6.61. The van der Waals surface area contributed by atoms with Crippen LogP contribution in [0.3, 0.4) is 0 Å². The fourth-order valence-electron chi connectivity index (χ4n) is 4.58. The molecular weight excluding hydrogens is 374 g/mol. The molecule has 1 unspecified atom stereocenters. The maximum Gasteiger partial charge on any atom is 0.416 e. The highest BCUT2D eigenvalue weighted by atomic mass is 16.4. The van der Waals surface area contributed by atoms with Gasteiger partial charge in [-0.15, -0.1) is 0 Å². The Bertz CT molecular complexity index is 1140. The first kappa shape index (κ1) is 17.7. The van der Waals surface area contributed by atoms with E-state index in [1.165, 1.54) is 6.20 Å². The van der Waals surface area contributed by atoms with Crippen LogP contribution in [0.2, 0.25) is 0 Å². The van der Waals surface area contributed by atoms with Crippen molar-refractivity contribution in [3.05, 3.63) is 58.9 Å². The number of nitrogens with one attached hydrogen (secondary N) is 2. The molecule has 5 rings (SSSR count). The Labute approximate surface area is 165 Å². The van der Waals surface area contributed by atoms with Gasteiger partial charge in [-0.1, -0.05) is 12.5 Å². The number of pyridine rings is 1. The van der Waals surface area contributed by atoms with E-state index in [0.29, 0.717) is 25.2 Å². The Morgan fingerprint density at radius 1 is 1.31 bits per heavy atom. The van der Waals surface area contributed by atoms with Crippen LogP contribution in [0.15, 0.2) is 46.1 Å². The molecule has 29 heavy (non-hydrogen) atoms. The van der Waals surface area contributed by atoms with Gasteiger partial charge in [-0.3, -0.25) is 14.6 Å². The number of aromatic amines is 1. The van der Waals surface area contributed by atoms with Crippen LogP contribution < -0.4 is 11.1 Å². The molecule has 3 aromatic rings. The zero-order valence-corrected chi connectivity index (χ0v) is 15.8. The standard InChI is InChI=1S/C20H21N5O4/c26-17(14-10-21-19(28)29-14)23-15-5-9-24(11-20(15)6-3-7-20)18(27)16-13-4-1-2-8-25(13)12-22-16/h1-2,4,8,10,12,15H,3,5-7,9,11H2,(H,21,28)(H,23,26). The van der Waals surface area contributed by atoms with Gasteiger partial charge in [0.05, 0.1) is 11.7 Å². The second-order valence-corrected chi connectivity index (χ2v) is 7.89. The molecule has 9 heteroatoms. The van der Waals surface area contributed by atoms with Crippen molar-refractivity contribution >= 4 is 17.3 Å². The van der Waals surface area contributed by atoms with Gasteiger partial charge in [-0.25, -0.2) is 9.78 Å². The van der Waals surface area contributed by atoms with Gasteiger partial charge < -0.3 is 19.0 Å². The van der Waals surface area contributed by atoms with Gasteiger partial charge in [0, 0.05) is 30.7 Å². The van der Waals surface area contributed by atoms with Gasteiger partial charge in [0.25, 0.3) is 11.8 Å². The number of carbonyl (C=O) groups excluding carboxylic acids is 2. The van der Waals surface area contributed by atoms with Crippen LogP contribution in [0.4, 0.5) is 0 Å². The zero-order valence-electron chi connectivity index (χ0n) is 15.8. The van der Waals surface area contributed by atoms with Gasteiger partial charge in [0.15, 0.2) is 5.69 Å². The Morgan fingerprint density at radius 2 is 2.17 bits per heavy atom. The zero-order chi connectivity index (χ0) is 20.0. The number of rotatable bonds is 3. The molecule has 3 aromatic heterocycles. The molecule has 1 atom stereocenters. The predicted octanol–water partition coefficient (Wildman–Crippen LogP) is 1.43. The van der Waals surface area contributed by atoms with E-state index in [9.17, 15) is 14.4 Å². The first-order chi connectivity index (χ1) is 14.1. The third-order valence-electron chi connectivity index (χ3n) is 6.27. The third-order valence-corrected chi connectivity index (χ3v) is 6.27. The maximum absolute atomic E-state index is 13.2. The molecule has 4 heterocycles. The Balaban J connectivity index is 1.34. The topological polar surface area (TPSA) is 113 Å². The van der Waals surface area contributed by atoms with Crippen LogP contribution in [0.1, 0.15) is 46.7 Å². The number of imidazole rings is 1. The summed E-state index contributed by atoms with van der Waals surface area (Å²) in [6.45, 7) is 1.12. The van der Waals surface area contributed by atoms with Crippen molar-refractivity contribution < 1.29 is 14.0 Å². The van der Waals surface area contributed by atoms with Crippen molar-refractivity contribution in [3.8, 4) is 0 Å². The lowest BCUT2D eigenvalue weighted by Crippen LogP contribution is -2.61. The molecule has 0 bridgehead atoms. The molecule has 1 spiro atoms. The van der Waals surface area contributed by atoms with Gasteiger partial charge >= 0.3 is 5.76 Å². The van der Waals surface area contributed by atoms with E-state index >= 15 is 0 Å². The summed E-state index contributed by atoms with van der Waals surface area (Å²) in [7, 11) is 0. The van der Waals surface area contributed by atoms with E-state index in [1.807, 2.05) is 33.7 Å². The quantitative estimate of drug-likeness (QED) is 0.697. The number of aromatic nitrogens is 3. The average Bonchev–Trinajstić information content (AvgIpc) is 3.33. The smallest absolute Gasteiger partial charge is 0.403 e. The van der Waals surface area contributed by atoms with E-state index in [2.05, 4.69) is 15.3 Å². The highest BCUT2D eigenvalue weighted by Crippen LogP contribution is 2.48. The minimum atomic E-state index is -0.652. The Morgan fingerprint density at radius 3 is 2.90 bits per heavy atom. The molecule has 1 saturated heterocycles. The normalized spacial score (nSPS) is 20.6. The summed E-state index contributed by atoms with van der Waals surface area (Å²) in [4.78, 5) is 45.3. The van der Waals surface area contributed by atoms with E-state index < -0.39 is 11.7 Å².